The average molecular weight is 1540 g/mol. The van der Waals surface area contributed by atoms with Gasteiger partial charge in [0.05, 0.1) is 28.5 Å². The summed E-state index contributed by atoms with van der Waals surface area (Å²) in [6.07, 6.45) is 5.73. The molecule has 0 saturated carbocycles. The highest BCUT2D eigenvalue weighted by Gasteiger charge is 2.36. The zero-order valence-electron chi connectivity index (χ0n) is 66.3. The fraction of sp³-hybridized carbons (Fsp3) is 0.0261. The average Bonchev–Trinajstić information content (AvgIpc) is 1.46. The molecule has 0 aliphatic heterocycles. The molecule has 0 atom stereocenters. The summed E-state index contributed by atoms with van der Waals surface area (Å²) in [5.41, 5.74) is 25.0. The monoisotopic (exact) mass is 1540 g/mol. The summed E-state index contributed by atoms with van der Waals surface area (Å²) in [6.45, 7) is 4.71. The molecule has 0 spiro atoms. The quantitative estimate of drug-likeness (QED) is 0.120. The minimum Gasteiger partial charge on any atom is -0.264 e. The Bertz CT molecular complexity index is 8240. The Labute approximate surface area is 698 Å². The highest BCUT2D eigenvalue weighted by atomic mass is 14.9. The minimum atomic E-state index is -0.289. The first-order valence-electron chi connectivity index (χ1n) is 41.5. The van der Waals surface area contributed by atoms with Crippen molar-refractivity contribution in [3.63, 3.8) is 0 Å². The number of fused-ring (bicyclic) bond motifs is 22. The number of benzene rings is 19. The molecular formula is C115H72N6. The summed E-state index contributed by atoms with van der Waals surface area (Å²) in [5.74, 6) is 1.32. The third-order valence-electron chi connectivity index (χ3n) is 25.6. The van der Waals surface area contributed by atoms with Crippen LogP contribution in [0.25, 0.3) is 242 Å². The molecule has 0 saturated heterocycles. The van der Waals surface area contributed by atoms with E-state index in [2.05, 4.69) is 395 Å². The fourth-order valence-electron chi connectivity index (χ4n) is 19.6. The van der Waals surface area contributed by atoms with Crippen molar-refractivity contribution in [3.05, 3.63) is 412 Å². The molecule has 121 heavy (non-hydrogen) atoms. The van der Waals surface area contributed by atoms with Crippen LogP contribution in [0.3, 0.4) is 0 Å². The van der Waals surface area contributed by atoms with Crippen LogP contribution < -0.4 is 0 Å². The van der Waals surface area contributed by atoms with E-state index in [-0.39, 0.29) is 5.41 Å². The standard InChI is InChI=1S/C115H72N6/c1-115(2)104-61-77(69-41-49-75(50-42-69)113-118-107(73-45-37-70(38-46-73)80-21-19-59-116-67-80)65-109(120-113)100-63-102-89-29-9-6-24-84(89)86-26-11-15-33-95(86)111(102)97-35-17-13-31-91(97)100)53-56-93(104)94-57-54-79(62-105(94)115)106-58-55-81(68-117-106)71-39-47-74(48-40-71)108-66-110(101-64-103-90-30-10-7-25-85(90)87-27-12-16-34-96(87)112(103)98-36-18-14-32-92(98)101)121-114(119-108)76-51-43-72(44-52-76)99-60-78-20-3-4-22-82(78)83-23-5-8-28-88(83)99/h3-68H,1-2H3. The third-order valence-corrected chi connectivity index (χ3v) is 25.6. The molecule has 0 unspecified atom stereocenters. The van der Waals surface area contributed by atoms with Crippen molar-refractivity contribution in [2.24, 2.45) is 0 Å². The molecule has 0 amide bonds. The first-order chi connectivity index (χ1) is 59.7. The van der Waals surface area contributed by atoms with Crippen LogP contribution in [0, 0.1) is 0 Å². The van der Waals surface area contributed by atoms with E-state index in [1.54, 1.807) is 0 Å². The van der Waals surface area contributed by atoms with Crippen molar-refractivity contribution in [1.82, 2.24) is 29.9 Å². The van der Waals surface area contributed by atoms with Gasteiger partial charge in [-0.05, 0) is 224 Å². The van der Waals surface area contributed by atoms with Gasteiger partial charge in [-0.25, -0.2) is 19.9 Å². The summed E-state index contributed by atoms with van der Waals surface area (Å²) in [5, 5.41) is 24.4. The predicted octanol–water partition coefficient (Wildman–Crippen LogP) is 30.2. The van der Waals surface area contributed by atoms with Crippen LogP contribution in [0.5, 0.6) is 0 Å². The lowest BCUT2D eigenvalue weighted by Crippen LogP contribution is -2.15. The molecule has 0 bridgehead atoms. The topological polar surface area (TPSA) is 77.3 Å². The van der Waals surface area contributed by atoms with Gasteiger partial charge in [0.15, 0.2) is 11.6 Å². The van der Waals surface area contributed by atoms with Gasteiger partial charge in [-0.1, -0.05) is 341 Å². The number of pyridine rings is 2. The van der Waals surface area contributed by atoms with Gasteiger partial charge < -0.3 is 0 Å². The molecule has 6 nitrogen and oxygen atoms in total. The molecular weight excluding hydrogens is 1470 g/mol. The smallest absolute Gasteiger partial charge is 0.160 e. The molecule has 24 rings (SSSR count). The van der Waals surface area contributed by atoms with Crippen LogP contribution in [0.15, 0.2) is 401 Å². The maximum absolute atomic E-state index is 5.57. The van der Waals surface area contributed by atoms with E-state index in [1.165, 1.54) is 125 Å². The van der Waals surface area contributed by atoms with E-state index in [0.717, 1.165) is 117 Å². The van der Waals surface area contributed by atoms with E-state index in [1.807, 2.05) is 24.7 Å². The second kappa shape index (κ2) is 27.7. The third kappa shape index (κ3) is 11.5. The molecule has 562 valence electrons. The van der Waals surface area contributed by atoms with Crippen molar-refractivity contribution in [2.45, 2.75) is 19.3 Å². The molecule has 0 fully saturated rings. The molecule has 4 aromatic heterocycles. The molecule has 6 heteroatoms. The number of hydrogen-bond acceptors (Lipinski definition) is 6. The van der Waals surface area contributed by atoms with Gasteiger partial charge >= 0.3 is 0 Å². The summed E-state index contributed by atoms with van der Waals surface area (Å²) >= 11 is 0. The minimum absolute atomic E-state index is 0.289. The SMILES string of the molecule is CC1(C)c2cc(-c3ccc(-c4nc(-c5ccc(-c6cccnc6)cc5)cc(-c5cc6c7ccccc7c7ccccc7c6c6ccccc56)n4)cc3)ccc2-c2ccc(-c3ccc(-c4ccc(-c5cc(-c6cc7c8ccccc8c8ccccc8c7c7ccccc67)nc(-c6ccc(-c7cc8ccccc8c8ccccc78)cc6)n5)cc4)cn3)cc21. The maximum Gasteiger partial charge on any atom is 0.160 e. The van der Waals surface area contributed by atoms with Crippen LogP contribution in [0.2, 0.25) is 0 Å². The second-order valence-corrected chi connectivity index (χ2v) is 32.7. The van der Waals surface area contributed by atoms with E-state index < -0.39 is 0 Å². The molecule has 0 radical (unpaired) electrons. The van der Waals surface area contributed by atoms with Gasteiger partial charge in [0.1, 0.15) is 0 Å². The maximum atomic E-state index is 5.57. The summed E-state index contributed by atoms with van der Waals surface area (Å²) < 4.78 is 0. The first kappa shape index (κ1) is 69.5. The van der Waals surface area contributed by atoms with Crippen molar-refractivity contribution < 1.29 is 0 Å². The normalized spacial score (nSPS) is 12.4. The van der Waals surface area contributed by atoms with Crippen LogP contribution >= 0.6 is 0 Å². The number of aromatic nitrogens is 6. The zero-order chi connectivity index (χ0) is 80.0. The van der Waals surface area contributed by atoms with Gasteiger partial charge in [0, 0.05) is 68.5 Å². The van der Waals surface area contributed by atoms with Gasteiger partial charge in [0.2, 0.25) is 0 Å². The summed E-state index contributed by atoms with van der Waals surface area (Å²) in [4.78, 5) is 31.6. The van der Waals surface area contributed by atoms with Gasteiger partial charge in [-0.15, -0.1) is 0 Å². The first-order valence-corrected chi connectivity index (χ1v) is 41.5. The summed E-state index contributed by atoms with van der Waals surface area (Å²) in [7, 11) is 0. The Morgan fingerprint density at radius 3 is 0.992 bits per heavy atom. The Kier molecular flexibility index (Phi) is 15.9. The second-order valence-electron chi connectivity index (χ2n) is 32.7. The van der Waals surface area contributed by atoms with Crippen molar-refractivity contribution in [3.8, 4) is 135 Å². The van der Waals surface area contributed by atoms with Crippen molar-refractivity contribution >= 4 is 108 Å². The molecule has 23 aromatic rings. The van der Waals surface area contributed by atoms with Gasteiger partial charge in [0.25, 0.3) is 0 Å². The highest BCUT2D eigenvalue weighted by Crippen LogP contribution is 2.52. The van der Waals surface area contributed by atoms with Crippen LogP contribution in [-0.4, -0.2) is 29.9 Å². The van der Waals surface area contributed by atoms with Gasteiger partial charge in [-0.2, -0.15) is 0 Å². The lowest BCUT2D eigenvalue weighted by molar-refractivity contribution is 0.661. The van der Waals surface area contributed by atoms with Crippen molar-refractivity contribution in [2.75, 3.05) is 0 Å². The molecule has 19 aromatic carbocycles. The van der Waals surface area contributed by atoms with E-state index in [9.17, 15) is 0 Å². The molecule has 4 heterocycles. The molecule has 1 aliphatic rings. The lowest BCUT2D eigenvalue weighted by Gasteiger charge is -2.22. The van der Waals surface area contributed by atoms with Crippen LogP contribution in [-0.2, 0) is 5.41 Å². The molecule has 0 N–H and O–H groups in total. The number of rotatable bonds is 11. The highest BCUT2D eigenvalue weighted by molar-refractivity contribution is 6.34. The number of nitrogens with zero attached hydrogens (tertiary/aromatic N) is 6. The molecule has 1 aliphatic carbocycles. The van der Waals surface area contributed by atoms with Gasteiger partial charge in [-0.3, -0.25) is 9.97 Å². The Balaban J connectivity index is 0.537. The van der Waals surface area contributed by atoms with E-state index in [4.69, 9.17) is 24.9 Å². The van der Waals surface area contributed by atoms with E-state index in [0.29, 0.717) is 11.6 Å². The Morgan fingerprint density at radius 1 is 0.190 bits per heavy atom. The summed E-state index contributed by atoms with van der Waals surface area (Å²) in [6, 6.07) is 139. The largest absolute Gasteiger partial charge is 0.264 e. The Hall–Kier alpha value is -15.8. The predicted molar refractivity (Wildman–Crippen MR) is 506 cm³/mol. The Morgan fingerprint density at radius 2 is 0.529 bits per heavy atom. The fourth-order valence-corrected chi connectivity index (χ4v) is 19.6. The lowest BCUT2D eigenvalue weighted by atomic mass is 9.81. The van der Waals surface area contributed by atoms with Crippen LogP contribution in [0.1, 0.15) is 25.0 Å². The zero-order valence-corrected chi connectivity index (χ0v) is 66.3. The van der Waals surface area contributed by atoms with E-state index >= 15 is 0 Å². The number of hydrogen-bond donors (Lipinski definition) is 0. The van der Waals surface area contributed by atoms with Crippen LogP contribution in [0.4, 0.5) is 0 Å². The van der Waals surface area contributed by atoms with Crippen molar-refractivity contribution in [1.29, 1.82) is 0 Å².